The zero-order valence-corrected chi connectivity index (χ0v) is 14.6. The lowest BCUT2D eigenvalue weighted by atomic mass is 10.2. The number of para-hydroxylation sites is 4. The van der Waals surface area contributed by atoms with E-state index < -0.39 is 0 Å². The van der Waals surface area contributed by atoms with Crippen molar-refractivity contribution in [2.45, 2.75) is 12.8 Å². The minimum absolute atomic E-state index is 0.155. The van der Waals surface area contributed by atoms with Gasteiger partial charge in [-0.15, -0.1) is 0 Å². The summed E-state index contributed by atoms with van der Waals surface area (Å²) in [5, 5.41) is 9.98. The predicted octanol–water partition coefficient (Wildman–Crippen LogP) is 2.55. The molecular weight excluding hydrogens is 328 g/mol. The molecule has 6 nitrogen and oxygen atoms in total. The second-order valence-electron chi connectivity index (χ2n) is 6.56. The number of nitrogens with zero attached hydrogens (tertiary/aromatic N) is 3. The number of benzene rings is 2. The number of aryl methyl sites for hydroxylation is 1. The highest BCUT2D eigenvalue weighted by Crippen LogP contribution is 2.27. The molecule has 0 radical (unpaired) electrons. The third-order valence-electron chi connectivity index (χ3n) is 4.87. The molecule has 2 heterocycles. The van der Waals surface area contributed by atoms with E-state index in [9.17, 15) is 9.90 Å². The van der Waals surface area contributed by atoms with Crippen molar-refractivity contribution in [2.75, 3.05) is 31.1 Å². The number of phenols is 1. The van der Waals surface area contributed by atoms with Crippen LogP contribution in [0.4, 0.5) is 5.69 Å². The van der Waals surface area contributed by atoms with Crippen molar-refractivity contribution in [3.8, 4) is 5.75 Å². The number of aromatic amines is 1. The molecule has 4 rings (SSSR count). The number of anilines is 1. The molecule has 1 aliphatic heterocycles. The Bertz CT molecular complexity index is 880. The summed E-state index contributed by atoms with van der Waals surface area (Å²) < 4.78 is 0. The Morgan fingerprint density at radius 2 is 1.77 bits per heavy atom. The third kappa shape index (κ3) is 3.35. The molecule has 6 heteroatoms. The number of hydrogen-bond donors (Lipinski definition) is 2. The minimum atomic E-state index is 0.155. The molecule has 1 aliphatic rings. The molecule has 0 bridgehead atoms. The standard InChI is InChI=1S/C20H22N4O2/c25-18-8-4-3-7-17(18)23-11-13-24(14-12-23)20(26)10-9-19-21-15-5-1-2-6-16(15)22-19/h1-8,25H,9-14H2,(H,21,22). The molecule has 2 aromatic carbocycles. The summed E-state index contributed by atoms with van der Waals surface area (Å²) >= 11 is 0. The Kier molecular flexibility index (Phi) is 4.48. The number of rotatable bonds is 4. The SMILES string of the molecule is O=C(CCc1nc2ccccc2[nH]1)N1CCN(c2ccccc2O)CC1. The monoisotopic (exact) mass is 350 g/mol. The molecule has 26 heavy (non-hydrogen) atoms. The van der Waals surface area contributed by atoms with Crippen molar-refractivity contribution in [1.82, 2.24) is 14.9 Å². The number of aromatic hydroxyl groups is 1. The summed E-state index contributed by atoms with van der Waals surface area (Å²) in [6, 6.07) is 15.2. The quantitative estimate of drug-likeness (QED) is 0.758. The fourth-order valence-electron chi connectivity index (χ4n) is 3.44. The second kappa shape index (κ2) is 7.07. The highest BCUT2D eigenvalue weighted by molar-refractivity contribution is 5.77. The minimum Gasteiger partial charge on any atom is -0.506 e. The van der Waals surface area contributed by atoms with Gasteiger partial charge in [0.1, 0.15) is 11.6 Å². The first-order valence-electron chi connectivity index (χ1n) is 8.95. The van der Waals surface area contributed by atoms with Gasteiger partial charge in [0, 0.05) is 39.0 Å². The average molecular weight is 350 g/mol. The van der Waals surface area contributed by atoms with Gasteiger partial charge in [-0.25, -0.2) is 4.98 Å². The van der Waals surface area contributed by atoms with Crippen LogP contribution < -0.4 is 4.90 Å². The number of nitrogens with one attached hydrogen (secondary N) is 1. The van der Waals surface area contributed by atoms with E-state index in [4.69, 9.17) is 0 Å². The van der Waals surface area contributed by atoms with Crippen LogP contribution in [-0.2, 0) is 11.2 Å². The Morgan fingerprint density at radius 1 is 1.04 bits per heavy atom. The normalized spacial score (nSPS) is 14.8. The summed E-state index contributed by atoms with van der Waals surface area (Å²) in [6.45, 7) is 2.81. The maximum Gasteiger partial charge on any atom is 0.223 e. The fraction of sp³-hybridized carbons (Fsp3) is 0.300. The topological polar surface area (TPSA) is 72.5 Å². The number of carbonyl (C=O) groups is 1. The molecule has 134 valence electrons. The highest BCUT2D eigenvalue weighted by atomic mass is 16.3. The van der Waals surface area contributed by atoms with E-state index in [0.29, 0.717) is 25.9 Å². The van der Waals surface area contributed by atoms with Crippen LogP contribution in [-0.4, -0.2) is 52.1 Å². The summed E-state index contributed by atoms with van der Waals surface area (Å²) in [4.78, 5) is 24.3. The van der Waals surface area contributed by atoms with Crippen molar-refractivity contribution in [3.05, 3.63) is 54.4 Å². The van der Waals surface area contributed by atoms with Gasteiger partial charge in [0.2, 0.25) is 5.91 Å². The van der Waals surface area contributed by atoms with Crippen LogP contribution in [0.1, 0.15) is 12.2 Å². The van der Waals surface area contributed by atoms with Gasteiger partial charge in [-0.05, 0) is 24.3 Å². The molecule has 0 spiro atoms. The largest absolute Gasteiger partial charge is 0.506 e. The number of imidazole rings is 1. The van der Waals surface area contributed by atoms with E-state index >= 15 is 0 Å². The van der Waals surface area contributed by atoms with Gasteiger partial charge < -0.3 is 19.9 Å². The van der Waals surface area contributed by atoms with E-state index in [2.05, 4.69) is 14.9 Å². The lowest BCUT2D eigenvalue weighted by molar-refractivity contribution is -0.131. The molecular formula is C20H22N4O2. The number of phenolic OH excluding ortho intramolecular Hbond substituents is 1. The average Bonchev–Trinajstić information content (AvgIpc) is 3.10. The maximum atomic E-state index is 12.5. The lowest BCUT2D eigenvalue weighted by Crippen LogP contribution is -2.48. The molecule has 1 amide bonds. The number of hydrogen-bond acceptors (Lipinski definition) is 4. The van der Waals surface area contributed by atoms with Crippen molar-refractivity contribution in [2.24, 2.45) is 0 Å². The van der Waals surface area contributed by atoms with E-state index in [1.807, 2.05) is 47.4 Å². The van der Waals surface area contributed by atoms with Crippen molar-refractivity contribution < 1.29 is 9.90 Å². The van der Waals surface area contributed by atoms with E-state index in [1.165, 1.54) is 0 Å². The number of aromatic nitrogens is 2. The molecule has 1 fully saturated rings. The van der Waals surface area contributed by atoms with Gasteiger partial charge in [-0.3, -0.25) is 4.79 Å². The number of fused-ring (bicyclic) bond motifs is 1. The molecule has 3 aromatic rings. The zero-order valence-electron chi connectivity index (χ0n) is 14.6. The second-order valence-corrected chi connectivity index (χ2v) is 6.56. The van der Waals surface area contributed by atoms with Gasteiger partial charge in [0.15, 0.2) is 0 Å². The fourth-order valence-corrected chi connectivity index (χ4v) is 3.44. The van der Waals surface area contributed by atoms with Gasteiger partial charge in [0.05, 0.1) is 16.7 Å². The van der Waals surface area contributed by atoms with Gasteiger partial charge in [-0.1, -0.05) is 24.3 Å². The summed E-state index contributed by atoms with van der Waals surface area (Å²) in [5.74, 6) is 1.30. The molecule has 0 unspecified atom stereocenters. The van der Waals surface area contributed by atoms with Gasteiger partial charge >= 0.3 is 0 Å². The van der Waals surface area contributed by atoms with E-state index in [-0.39, 0.29) is 11.7 Å². The van der Waals surface area contributed by atoms with Crippen molar-refractivity contribution in [3.63, 3.8) is 0 Å². The smallest absolute Gasteiger partial charge is 0.223 e. The molecule has 1 saturated heterocycles. The van der Waals surface area contributed by atoms with Gasteiger partial charge in [0.25, 0.3) is 0 Å². The van der Waals surface area contributed by atoms with Crippen LogP contribution in [0.15, 0.2) is 48.5 Å². The number of carbonyl (C=O) groups excluding carboxylic acids is 1. The number of H-pyrrole nitrogens is 1. The van der Waals surface area contributed by atoms with Crippen LogP contribution in [0.25, 0.3) is 11.0 Å². The van der Waals surface area contributed by atoms with Crippen LogP contribution in [0.5, 0.6) is 5.75 Å². The predicted molar refractivity (Wildman–Crippen MR) is 101 cm³/mol. The van der Waals surface area contributed by atoms with Crippen LogP contribution in [0.3, 0.4) is 0 Å². The highest BCUT2D eigenvalue weighted by Gasteiger charge is 2.22. The number of amides is 1. The van der Waals surface area contributed by atoms with Crippen molar-refractivity contribution in [1.29, 1.82) is 0 Å². The molecule has 0 atom stereocenters. The summed E-state index contributed by atoms with van der Waals surface area (Å²) in [6.07, 6.45) is 1.07. The first kappa shape index (κ1) is 16.4. The Labute approximate surface area is 152 Å². The molecule has 2 N–H and O–H groups in total. The molecule has 0 saturated carbocycles. The van der Waals surface area contributed by atoms with Crippen LogP contribution in [0, 0.1) is 0 Å². The molecule has 0 aliphatic carbocycles. The summed E-state index contributed by atoms with van der Waals surface area (Å²) in [5.41, 5.74) is 2.78. The molecule has 1 aromatic heterocycles. The Balaban J connectivity index is 1.31. The van der Waals surface area contributed by atoms with Crippen LogP contribution in [0.2, 0.25) is 0 Å². The first-order valence-corrected chi connectivity index (χ1v) is 8.95. The lowest BCUT2D eigenvalue weighted by Gasteiger charge is -2.36. The number of piperazine rings is 1. The van der Waals surface area contributed by atoms with Crippen LogP contribution >= 0.6 is 0 Å². The summed E-state index contributed by atoms with van der Waals surface area (Å²) in [7, 11) is 0. The maximum absolute atomic E-state index is 12.5. The Hall–Kier alpha value is -3.02. The van der Waals surface area contributed by atoms with E-state index in [0.717, 1.165) is 35.6 Å². The third-order valence-corrected chi connectivity index (χ3v) is 4.87. The van der Waals surface area contributed by atoms with Gasteiger partial charge in [-0.2, -0.15) is 0 Å². The first-order chi connectivity index (χ1) is 12.7. The Morgan fingerprint density at radius 3 is 2.54 bits per heavy atom. The van der Waals surface area contributed by atoms with E-state index in [1.54, 1.807) is 6.07 Å². The zero-order chi connectivity index (χ0) is 17.9. The van der Waals surface area contributed by atoms with Crippen molar-refractivity contribution >= 4 is 22.6 Å².